The third-order valence-corrected chi connectivity index (χ3v) is 4.83. The molecule has 0 saturated carbocycles. The summed E-state index contributed by atoms with van der Waals surface area (Å²) in [6.07, 6.45) is 2.97. The predicted octanol–water partition coefficient (Wildman–Crippen LogP) is 3.13. The summed E-state index contributed by atoms with van der Waals surface area (Å²) < 4.78 is 1.27. The maximum atomic E-state index is 4.66. The van der Waals surface area contributed by atoms with Crippen LogP contribution in [0.4, 0.5) is 5.82 Å². The second-order valence-electron chi connectivity index (χ2n) is 5.25. The number of thiophene rings is 1. The van der Waals surface area contributed by atoms with Crippen LogP contribution in [0.5, 0.6) is 0 Å². The fourth-order valence-electron chi connectivity index (χ4n) is 2.64. The lowest BCUT2D eigenvalue weighted by Gasteiger charge is -2.11. The number of anilines is 1. The van der Waals surface area contributed by atoms with Crippen molar-refractivity contribution in [2.24, 2.45) is 0 Å². The molecule has 1 aliphatic heterocycles. The molecule has 2 aromatic heterocycles. The number of fused-ring (bicyclic) bond motifs is 1. The number of nitrogens with zero attached hydrogens (tertiary/aromatic N) is 2. The molecule has 1 unspecified atom stereocenters. The van der Waals surface area contributed by atoms with Gasteiger partial charge in [-0.25, -0.2) is 9.97 Å². The average Bonchev–Trinajstić information content (AvgIpc) is 3.16. The van der Waals surface area contributed by atoms with Crippen molar-refractivity contribution in [1.82, 2.24) is 15.3 Å². The van der Waals surface area contributed by atoms with Crippen LogP contribution in [0.3, 0.4) is 0 Å². The summed E-state index contributed by atoms with van der Waals surface area (Å²) in [7, 11) is 0. The first-order chi connectivity index (χ1) is 10.4. The molecule has 1 fully saturated rings. The predicted molar refractivity (Wildman–Crippen MR) is 87.7 cm³/mol. The van der Waals surface area contributed by atoms with Crippen LogP contribution in [-0.4, -0.2) is 29.1 Å². The molecule has 0 amide bonds. The fourth-order valence-corrected chi connectivity index (χ4v) is 3.64. The molecule has 106 valence electrons. The normalized spacial score (nSPS) is 18.2. The van der Waals surface area contributed by atoms with Crippen LogP contribution >= 0.6 is 11.3 Å². The Morgan fingerprint density at radius 2 is 2.19 bits per heavy atom. The van der Waals surface area contributed by atoms with Gasteiger partial charge < -0.3 is 10.6 Å². The van der Waals surface area contributed by atoms with Crippen LogP contribution in [0.15, 0.2) is 42.6 Å². The topological polar surface area (TPSA) is 49.8 Å². The van der Waals surface area contributed by atoms with E-state index in [9.17, 15) is 0 Å². The van der Waals surface area contributed by atoms with E-state index in [1.54, 1.807) is 11.3 Å². The zero-order chi connectivity index (χ0) is 14.1. The van der Waals surface area contributed by atoms with E-state index in [1.165, 1.54) is 10.1 Å². The molecule has 5 heteroatoms. The first-order valence-corrected chi connectivity index (χ1v) is 7.99. The third-order valence-electron chi connectivity index (χ3n) is 3.71. The molecule has 0 spiro atoms. The van der Waals surface area contributed by atoms with Crippen molar-refractivity contribution in [3.05, 3.63) is 42.6 Å². The quantitative estimate of drug-likeness (QED) is 0.779. The summed E-state index contributed by atoms with van der Waals surface area (Å²) in [5.41, 5.74) is 0. The molecular formula is C16H16N4S. The maximum absolute atomic E-state index is 4.66. The number of hydrogen-bond acceptors (Lipinski definition) is 5. The van der Waals surface area contributed by atoms with Crippen molar-refractivity contribution in [2.75, 3.05) is 18.4 Å². The standard InChI is InChI=1S/C16H16N4S/c1-2-4-13-11(3-1)9-14(21-13)16-18-8-6-15(20-16)19-12-5-7-17-10-12/h1-4,6,8-9,12,17H,5,7,10H2,(H,18,19,20). The molecule has 3 heterocycles. The maximum Gasteiger partial charge on any atom is 0.171 e. The fraction of sp³-hybridized carbons (Fsp3) is 0.250. The van der Waals surface area contributed by atoms with Gasteiger partial charge in [0.15, 0.2) is 5.82 Å². The second-order valence-corrected chi connectivity index (χ2v) is 6.33. The molecule has 4 rings (SSSR count). The van der Waals surface area contributed by atoms with Gasteiger partial charge in [0.25, 0.3) is 0 Å². The highest BCUT2D eigenvalue weighted by atomic mass is 32.1. The van der Waals surface area contributed by atoms with E-state index < -0.39 is 0 Å². The van der Waals surface area contributed by atoms with Crippen LogP contribution in [0.2, 0.25) is 0 Å². The van der Waals surface area contributed by atoms with E-state index in [1.807, 2.05) is 12.3 Å². The van der Waals surface area contributed by atoms with Gasteiger partial charge in [-0.05, 0) is 36.6 Å². The highest BCUT2D eigenvalue weighted by molar-refractivity contribution is 7.22. The molecule has 2 N–H and O–H groups in total. The summed E-state index contributed by atoms with van der Waals surface area (Å²) in [6.45, 7) is 2.08. The van der Waals surface area contributed by atoms with E-state index >= 15 is 0 Å². The molecule has 1 aromatic carbocycles. The van der Waals surface area contributed by atoms with Gasteiger partial charge in [0.2, 0.25) is 0 Å². The molecule has 3 aromatic rings. The highest BCUT2D eigenvalue weighted by Crippen LogP contribution is 2.31. The number of aromatic nitrogens is 2. The molecule has 1 atom stereocenters. The van der Waals surface area contributed by atoms with Gasteiger partial charge in [0.1, 0.15) is 5.82 Å². The van der Waals surface area contributed by atoms with Crippen LogP contribution in [0, 0.1) is 0 Å². The molecule has 0 radical (unpaired) electrons. The zero-order valence-corrected chi connectivity index (χ0v) is 12.4. The lowest BCUT2D eigenvalue weighted by atomic mass is 10.2. The van der Waals surface area contributed by atoms with E-state index in [2.05, 4.69) is 50.9 Å². The van der Waals surface area contributed by atoms with Gasteiger partial charge in [0, 0.05) is 23.5 Å². The number of rotatable bonds is 3. The van der Waals surface area contributed by atoms with Crippen LogP contribution in [-0.2, 0) is 0 Å². The number of nitrogens with one attached hydrogen (secondary N) is 2. The van der Waals surface area contributed by atoms with Gasteiger partial charge in [-0.2, -0.15) is 0 Å². The van der Waals surface area contributed by atoms with Crippen molar-refractivity contribution in [3.63, 3.8) is 0 Å². The van der Waals surface area contributed by atoms with E-state index in [0.717, 1.165) is 36.0 Å². The summed E-state index contributed by atoms with van der Waals surface area (Å²) in [5, 5.41) is 8.08. The lowest BCUT2D eigenvalue weighted by molar-refractivity contribution is 0.787. The minimum absolute atomic E-state index is 0.468. The molecule has 21 heavy (non-hydrogen) atoms. The second kappa shape index (κ2) is 5.42. The van der Waals surface area contributed by atoms with Crippen LogP contribution in [0.25, 0.3) is 20.8 Å². The summed E-state index contributed by atoms with van der Waals surface area (Å²) in [6, 6.07) is 13.0. The molecule has 1 aliphatic rings. The zero-order valence-electron chi connectivity index (χ0n) is 11.5. The Hall–Kier alpha value is -1.98. The first-order valence-electron chi connectivity index (χ1n) is 7.18. The van der Waals surface area contributed by atoms with Gasteiger partial charge >= 0.3 is 0 Å². The summed E-state index contributed by atoms with van der Waals surface area (Å²) in [5.74, 6) is 1.71. The average molecular weight is 296 g/mol. The molecule has 4 nitrogen and oxygen atoms in total. The Morgan fingerprint density at radius 1 is 1.24 bits per heavy atom. The van der Waals surface area contributed by atoms with Crippen molar-refractivity contribution >= 4 is 27.2 Å². The summed E-state index contributed by atoms with van der Waals surface area (Å²) >= 11 is 1.74. The molecule has 1 saturated heterocycles. The van der Waals surface area contributed by atoms with Crippen molar-refractivity contribution in [2.45, 2.75) is 12.5 Å². The Morgan fingerprint density at radius 3 is 3.05 bits per heavy atom. The van der Waals surface area contributed by atoms with Crippen molar-refractivity contribution < 1.29 is 0 Å². The number of benzene rings is 1. The minimum Gasteiger partial charge on any atom is -0.366 e. The van der Waals surface area contributed by atoms with Crippen molar-refractivity contribution in [1.29, 1.82) is 0 Å². The first kappa shape index (κ1) is 12.7. The van der Waals surface area contributed by atoms with Gasteiger partial charge in [0.05, 0.1) is 4.88 Å². The van der Waals surface area contributed by atoms with Gasteiger partial charge in [-0.1, -0.05) is 18.2 Å². The van der Waals surface area contributed by atoms with E-state index in [4.69, 9.17) is 0 Å². The third kappa shape index (κ3) is 2.62. The monoisotopic (exact) mass is 296 g/mol. The lowest BCUT2D eigenvalue weighted by Crippen LogP contribution is -2.22. The Labute approximate surface area is 127 Å². The molecular weight excluding hydrogens is 280 g/mol. The Bertz CT molecular complexity index is 729. The minimum atomic E-state index is 0.468. The molecule has 0 aliphatic carbocycles. The Kier molecular flexibility index (Phi) is 3.29. The summed E-state index contributed by atoms with van der Waals surface area (Å²) in [4.78, 5) is 10.2. The van der Waals surface area contributed by atoms with Crippen LogP contribution in [0.1, 0.15) is 6.42 Å². The molecule has 0 bridgehead atoms. The van der Waals surface area contributed by atoms with Gasteiger partial charge in [-0.3, -0.25) is 0 Å². The highest BCUT2D eigenvalue weighted by Gasteiger charge is 2.15. The largest absolute Gasteiger partial charge is 0.366 e. The van der Waals surface area contributed by atoms with E-state index in [0.29, 0.717) is 6.04 Å². The van der Waals surface area contributed by atoms with Gasteiger partial charge in [-0.15, -0.1) is 11.3 Å². The van der Waals surface area contributed by atoms with Crippen molar-refractivity contribution in [3.8, 4) is 10.7 Å². The SMILES string of the molecule is c1ccc2sc(-c3nccc(NC4CCNC4)n3)cc2c1. The van der Waals surface area contributed by atoms with Crippen LogP contribution < -0.4 is 10.6 Å². The van der Waals surface area contributed by atoms with E-state index in [-0.39, 0.29) is 0 Å². The number of hydrogen-bond donors (Lipinski definition) is 2. The smallest absolute Gasteiger partial charge is 0.171 e. The Balaban J connectivity index is 1.64.